The van der Waals surface area contributed by atoms with E-state index in [2.05, 4.69) is 43.0 Å². The van der Waals surface area contributed by atoms with Gasteiger partial charge in [-0.15, -0.1) is 0 Å². The topological polar surface area (TPSA) is 32.8 Å². The first kappa shape index (κ1) is 25.7. The third-order valence-electron chi connectivity index (χ3n) is 5.92. The quantitative estimate of drug-likeness (QED) is 0.502. The first-order chi connectivity index (χ1) is 15.4. The molecule has 2 heterocycles. The molecule has 0 aromatic heterocycles. The molecule has 0 N–H and O–H groups in total. The average molecular weight is 437 g/mol. The second-order valence-corrected chi connectivity index (χ2v) is 8.22. The molecular weight excluding hydrogens is 396 g/mol. The molecule has 0 radical (unpaired) electrons. The Kier molecular flexibility index (Phi) is 9.98. The van der Waals surface area contributed by atoms with Crippen LogP contribution >= 0.6 is 0 Å². The van der Waals surface area contributed by atoms with Crippen LogP contribution in [0.25, 0.3) is 5.57 Å². The van der Waals surface area contributed by atoms with E-state index >= 15 is 0 Å². The second kappa shape index (κ2) is 12.4. The predicted molar refractivity (Wildman–Crippen MR) is 136 cm³/mol. The largest absolute Gasteiger partial charge is 0.496 e. The highest BCUT2D eigenvalue weighted by molar-refractivity contribution is 5.96. The van der Waals surface area contributed by atoms with Crippen LogP contribution in [-0.2, 0) is 4.79 Å². The standard InChI is InChI=1S/C26H34N2O2.C2H6/c1-6-13-27-14-11-22(12-15-27)24-8-7-21(4)28(18-24)26(29)17-19(2)23-9-10-25(30-5)20(3)16-23;1-2/h7-11,16-18,21H,6,12-15H2,1-5H3;1-2H3/b19-17+;. The van der Waals surface area contributed by atoms with Crippen molar-refractivity contribution in [1.82, 2.24) is 9.80 Å². The van der Waals surface area contributed by atoms with Gasteiger partial charge in [0.25, 0.3) is 5.91 Å². The lowest BCUT2D eigenvalue weighted by Crippen LogP contribution is -2.34. The van der Waals surface area contributed by atoms with Crippen molar-refractivity contribution in [3.05, 3.63) is 71.0 Å². The monoisotopic (exact) mass is 436 g/mol. The number of rotatable bonds is 6. The van der Waals surface area contributed by atoms with Crippen molar-refractivity contribution in [3.8, 4) is 5.75 Å². The van der Waals surface area contributed by atoms with Crippen molar-refractivity contribution in [2.24, 2.45) is 0 Å². The van der Waals surface area contributed by atoms with Gasteiger partial charge >= 0.3 is 0 Å². The predicted octanol–water partition coefficient (Wildman–Crippen LogP) is 6.15. The molecule has 0 fully saturated rings. The summed E-state index contributed by atoms with van der Waals surface area (Å²) in [4.78, 5) is 17.4. The third kappa shape index (κ3) is 6.46. The molecule has 3 rings (SSSR count). The highest BCUT2D eigenvalue weighted by Crippen LogP contribution is 2.27. The van der Waals surface area contributed by atoms with E-state index in [9.17, 15) is 4.79 Å². The smallest absolute Gasteiger partial charge is 0.251 e. The van der Waals surface area contributed by atoms with Crippen molar-refractivity contribution in [2.75, 3.05) is 26.7 Å². The minimum Gasteiger partial charge on any atom is -0.496 e. The molecule has 1 unspecified atom stereocenters. The van der Waals surface area contributed by atoms with Crippen LogP contribution < -0.4 is 4.74 Å². The van der Waals surface area contributed by atoms with Gasteiger partial charge in [-0.05, 0) is 80.1 Å². The summed E-state index contributed by atoms with van der Waals surface area (Å²) in [6.45, 7) is 15.5. The minimum absolute atomic E-state index is 0.0133. The van der Waals surface area contributed by atoms with Crippen LogP contribution in [0.3, 0.4) is 0 Å². The van der Waals surface area contributed by atoms with E-state index in [-0.39, 0.29) is 11.9 Å². The van der Waals surface area contributed by atoms with Crippen LogP contribution in [0.15, 0.2) is 59.8 Å². The van der Waals surface area contributed by atoms with Gasteiger partial charge in [0, 0.05) is 25.4 Å². The molecule has 1 amide bonds. The lowest BCUT2D eigenvalue weighted by atomic mass is 9.96. The molecule has 4 heteroatoms. The fourth-order valence-electron chi connectivity index (χ4n) is 4.06. The van der Waals surface area contributed by atoms with Gasteiger partial charge in [0.2, 0.25) is 0 Å². The fraction of sp³-hybridized carbons (Fsp3) is 0.464. The molecule has 0 spiro atoms. The second-order valence-electron chi connectivity index (χ2n) is 8.22. The summed E-state index contributed by atoms with van der Waals surface area (Å²) in [6.07, 6.45) is 12.6. The number of carbonyl (C=O) groups is 1. The SMILES string of the molecule is CC.CCCN1CC=C(C2=CN(C(=O)/C=C(\C)c3ccc(OC)c(C)c3)C(C)C=C2)CC1. The molecule has 0 bridgehead atoms. The number of hydrogen-bond donors (Lipinski definition) is 0. The number of nitrogens with zero attached hydrogens (tertiary/aromatic N) is 2. The summed E-state index contributed by atoms with van der Waals surface area (Å²) >= 11 is 0. The van der Waals surface area contributed by atoms with Gasteiger partial charge in [-0.3, -0.25) is 9.69 Å². The highest BCUT2D eigenvalue weighted by atomic mass is 16.5. The van der Waals surface area contributed by atoms with E-state index in [4.69, 9.17) is 4.74 Å². The van der Waals surface area contributed by atoms with Crippen molar-refractivity contribution in [2.45, 2.75) is 60.4 Å². The minimum atomic E-state index is 0.0133. The van der Waals surface area contributed by atoms with E-state index in [1.54, 1.807) is 13.2 Å². The summed E-state index contributed by atoms with van der Waals surface area (Å²) in [7, 11) is 1.67. The summed E-state index contributed by atoms with van der Waals surface area (Å²) in [5, 5.41) is 0. The normalized spacial score (nSPS) is 19.0. The maximum absolute atomic E-state index is 13.1. The molecular formula is C28H40N2O2. The van der Waals surface area contributed by atoms with E-state index in [0.717, 1.165) is 54.1 Å². The van der Waals surface area contributed by atoms with E-state index < -0.39 is 0 Å². The molecule has 1 aromatic rings. The molecule has 1 aromatic carbocycles. The summed E-state index contributed by atoms with van der Waals surface area (Å²) in [5.74, 6) is 0.873. The van der Waals surface area contributed by atoms with Gasteiger partial charge < -0.3 is 9.64 Å². The van der Waals surface area contributed by atoms with Crippen molar-refractivity contribution in [1.29, 1.82) is 0 Å². The van der Waals surface area contributed by atoms with Gasteiger partial charge in [-0.1, -0.05) is 45.1 Å². The first-order valence-electron chi connectivity index (χ1n) is 11.9. The van der Waals surface area contributed by atoms with Gasteiger partial charge in [-0.25, -0.2) is 0 Å². The lowest BCUT2D eigenvalue weighted by Gasteiger charge is -2.30. The fourth-order valence-corrected chi connectivity index (χ4v) is 4.06. The Morgan fingerprint density at radius 2 is 2.03 bits per heavy atom. The zero-order valence-electron chi connectivity index (χ0n) is 20.9. The molecule has 2 aliphatic heterocycles. The zero-order chi connectivity index (χ0) is 23.7. The van der Waals surface area contributed by atoms with Gasteiger partial charge in [0.15, 0.2) is 0 Å². The Morgan fingerprint density at radius 3 is 2.62 bits per heavy atom. The van der Waals surface area contributed by atoms with Crippen LogP contribution in [0.4, 0.5) is 0 Å². The number of ether oxygens (including phenoxy) is 1. The Labute approximate surface area is 194 Å². The molecule has 32 heavy (non-hydrogen) atoms. The van der Waals surface area contributed by atoms with Crippen LogP contribution in [-0.4, -0.2) is 48.5 Å². The van der Waals surface area contributed by atoms with E-state index in [0.29, 0.717) is 0 Å². The Balaban J connectivity index is 0.00000176. The molecule has 0 saturated heterocycles. The number of amides is 1. The zero-order valence-corrected chi connectivity index (χ0v) is 20.9. The summed E-state index contributed by atoms with van der Waals surface area (Å²) in [6, 6.07) is 6.06. The number of carbonyl (C=O) groups excluding carboxylic acids is 1. The van der Waals surface area contributed by atoms with E-state index in [1.807, 2.05) is 50.9 Å². The maximum atomic E-state index is 13.1. The maximum Gasteiger partial charge on any atom is 0.251 e. The number of allylic oxidation sites excluding steroid dienone is 3. The molecule has 1 atom stereocenters. The molecule has 174 valence electrons. The number of aryl methyl sites for hydroxylation is 1. The Hall–Kier alpha value is -2.59. The molecule has 0 saturated carbocycles. The third-order valence-corrected chi connectivity index (χ3v) is 5.92. The van der Waals surface area contributed by atoms with Crippen LogP contribution in [0.1, 0.15) is 58.6 Å². The van der Waals surface area contributed by atoms with Crippen molar-refractivity contribution in [3.63, 3.8) is 0 Å². The van der Waals surface area contributed by atoms with Crippen LogP contribution in [0, 0.1) is 6.92 Å². The van der Waals surface area contributed by atoms with Crippen LogP contribution in [0.5, 0.6) is 5.75 Å². The highest BCUT2D eigenvalue weighted by Gasteiger charge is 2.21. The van der Waals surface area contributed by atoms with Gasteiger partial charge in [0.1, 0.15) is 5.75 Å². The van der Waals surface area contributed by atoms with E-state index in [1.165, 1.54) is 12.0 Å². The average Bonchev–Trinajstić information content (AvgIpc) is 2.81. The first-order valence-corrected chi connectivity index (χ1v) is 11.9. The summed E-state index contributed by atoms with van der Waals surface area (Å²) in [5.41, 5.74) is 5.55. The number of benzene rings is 1. The molecule has 2 aliphatic rings. The van der Waals surface area contributed by atoms with Gasteiger partial charge in [-0.2, -0.15) is 0 Å². The number of methoxy groups -OCH3 is 1. The molecule has 4 nitrogen and oxygen atoms in total. The van der Waals surface area contributed by atoms with Crippen molar-refractivity contribution >= 4 is 11.5 Å². The lowest BCUT2D eigenvalue weighted by molar-refractivity contribution is -0.124. The molecule has 0 aliphatic carbocycles. The Morgan fingerprint density at radius 1 is 1.28 bits per heavy atom. The Bertz CT molecular complexity index is 908. The summed E-state index contributed by atoms with van der Waals surface area (Å²) < 4.78 is 5.34. The van der Waals surface area contributed by atoms with Gasteiger partial charge in [0.05, 0.1) is 13.2 Å². The van der Waals surface area contributed by atoms with Crippen molar-refractivity contribution < 1.29 is 9.53 Å². The van der Waals surface area contributed by atoms with Crippen LogP contribution in [0.2, 0.25) is 0 Å². The number of hydrogen-bond acceptors (Lipinski definition) is 3.